The van der Waals surface area contributed by atoms with Gasteiger partial charge in [-0.1, -0.05) is 24.3 Å². The molecule has 0 bridgehead atoms. The van der Waals surface area contributed by atoms with Gasteiger partial charge in [0.1, 0.15) is 17.3 Å². The number of pyridine rings is 1. The quantitative estimate of drug-likeness (QED) is 0.663. The van der Waals surface area contributed by atoms with Crippen molar-refractivity contribution in [3.8, 4) is 0 Å². The minimum atomic E-state index is -0.758. The van der Waals surface area contributed by atoms with E-state index >= 15 is 0 Å². The lowest BCUT2D eigenvalue weighted by Gasteiger charge is -2.05. The highest BCUT2D eigenvalue weighted by Gasteiger charge is 2.18. The number of ketones is 1. The first-order valence-electron chi connectivity index (χ1n) is 6.00. The van der Waals surface area contributed by atoms with Gasteiger partial charge in [0.05, 0.1) is 5.56 Å². The minimum Gasteiger partial charge on any atom is -0.287 e. The third kappa shape index (κ3) is 2.05. The van der Waals surface area contributed by atoms with Gasteiger partial charge < -0.3 is 0 Å². The zero-order valence-electron chi connectivity index (χ0n) is 10.3. The number of aromatic nitrogens is 1. The van der Waals surface area contributed by atoms with Crippen LogP contribution in [0.5, 0.6) is 0 Å². The molecule has 3 rings (SSSR count). The predicted molar refractivity (Wildman–Crippen MR) is 71.5 cm³/mol. The molecule has 1 aromatic heterocycles. The van der Waals surface area contributed by atoms with Crippen molar-refractivity contribution in [1.29, 1.82) is 0 Å². The van der Waals surface area contributed by atoms with Crippen molar-refractivity contribution in [2.45, 2.75) is 0 Å². The van der Waals surface area contributed by atoms with E-state index in [4.69, 9.17) is 0 Å². The third-order valence-electron chi connectivity index (χ3n) is 3.06. The van der Waals surface area contributed by atoms with E-state index in [1.54, 1.807) is 18.2 Å². The number of halogens is 2. The summed E-state index contributed by atoms with van der Waals surface area (Å²) in [6.07, 6.45) is 1.48. The van der Waals surface area contributed by atoms with Gasteiger partial charge in [0.15, 0.2) is 0 Å². The second kappa shape index (κ2) is 4.81. The second-order valence-corrected chi connectivity index (χ2v) is 4.33. The number of rotatable bonds is 2. The number of benzene rings is 2. The number of hydrogen-bond donors (Lipinski definition) is 0. The molecular weight excluding hydrogens is 260 g/mol. The van der Waals surface area contributed by atoms with E-state index in [1.807, 2.05) is 12.1 Å². The molecule has 0 aliphatic rings. The average Bonchev–Trinajstić information content (AvgIpc) is 2.48. The number of nitrogens with zero attached hydrogens (tertiary/aromatic N) is 1. The van der Waals surface area contributed by atoms with Crippen molar-refractivity contribution >= 4 is 16.6 Å². The summed E-state index contributed by atoms with van der Waals surface area (Å²) in [5.41, 5.74) is -0.193. The smallest absolute Gasteiger partial charge is 0.215 e. The molecule has 0 saturated carbocycles. The number of carbonyl (C=O) groups is 1. The molecule has 0 N–H and O–H groups in total. The number of carbonyl (C=O) groups excluding carboxylic acids is 1. The fourth-order valence-corrected chi connectivity index (χ4v) is 2.10. The van der Waals surface area contributed by atoms with Crippen LogP contribution in [0.25, 0.3) is 10.8 Å². The first-order chi connectivity index (χ1) is 9.66. The van der Waals surface area contributed by atoms with Crippen LogP contribution in [-0.2, 0) is 0 Å². The van der Waals surface area contributed by atoms with Crippen molar-refractivity contribution in [3.05, 3.63) is 77.6 Å². The molecule has 0 amide bonds. The highest BCUT2D eigenvalue weighted by Crippen LogP contribution is 2.21. The van der Waals surface area contributed by atoms with Gasteiger partial charge in [-0.3, -0.25) is 9.78 Å². The molecule has 0 atom stereocenters. The minimum absolute atomic E-state index is 0.118. The molecule has 2 nitrogen and oxygen atoms in total. The van der Waals surface area contributed by atoms with E-state index in [0.29, 0.717) is 5.39 Å². The molecule has 0 aliphatic heterocycles. The lowest BCUT2D eigenvalue weighted by molar-refractivity contribution is 0.103. The van der Waals surface area contributed by atoms with E-state index in [2.05, 4.69) is 4.98 Å². The Balaban J connectivity index is 2.20. The van der Waals surface area contributed by atoms with Crippen LogP contribution < -0.4 is 0 Å². The summed E-state index contributed by atoms with van der Waals surface area (Å²) >= 11 is 0. The van der Waals surface area contributed by atoms with E-state index in [9.17, 15) is 13.6 Å². The van der Waals surface area contributed by atoms with Crippen molar-refractivity contribution in [1.82, 2.24) is 4.98 Å². The van der Waals surface area contributed by atoms with Crippen molar-refractivity contribution in [3.63, 3.8) is 0 Å². The maximum Gasteiger partial charge on any atom is 0.215 e. The van der Waals surface area contributed by atoms with Gasteiger partial charge in [-0.2, -0.15) is 0 Å². The highest BCUT2D eigenvalue weighted by atomic mass is 19.1. The summed E-state index contributed by atoms with van der Waals surface area (Å²) in [6, 6.07) is 11.7. The van der Waals surface area contributed by atoms with Crippen LogP contribution in [0, 0.1) is 11.6 Å². The molecule has 0 radical (unpaired) electrons. The highest BCUT2D eigenvalue weighted by molar-refractivity contribution is 6.15. The molecule has 20 heavy (non-hydrogen) atoms. The lowest BCUT2D eigenvalue weighted by atomic mass is 10.0. The Bertz CT molecular complexity index is 809. The van der Waals surface area contributed by atoms with Crippen LogP contribution in [0.2, 0.25) is 0 Å². The Morgan fingerprint density at radius 3 is 2.65 bits per heavy atom. The van der Waals surface area contributed by atoms with E-state index in [0.717, 1.165) is 23.6 Å². The lowest BCUT2D eigenvalue weighted by Crippen LogP contribution is -2.07. The van der Waals surface area contributed by atoms with Crippen LogP contribution in [0.3, 0.4) is 0 Å². The summed E-state index contributed by atoms with van der Waals surface area (Å²) in [4.78, 5) is 16.4. The zero-order chi connectivity index (χ0) is 14.1. The Morgan fingerprint density at radius 2 is 1.80 bits per heavy atom. The first kappa shape index (κ1) is 12.4. The Kier molecular flexibility index (Phi) is 2.99. The average molecular weight is 269 g/mol. The second-order valence-electron chi connectivity index (χ2n) is 4.33. The van der Waals surface area contributed by atoms with Gasteiger partial charge in [0.25, 0.3) is 0 Å². The summed E-state index contributed by atoms with van der Waals surface area (Å²) in [6.45, 7) is 0. The molecule has 4 heteroatoms. The molecule has 0 fully saturated rings. The van der Waals surface area contributed by atoms with E-state index in [-0.39, 0.29) is 11.3 Å². The molecule has 0 spiro atoms. The van der Waals surface area contributed by atoms with Gasteiger partial charge in [0, 0.05) is 11.6 Å². The normalized spacial score (nSPS) is 10.7. The SMILES string of the molecule is O=C(c1cc(F)ccc1F)c1nccc2ccccc12. The van der Waals surface area contributed by atoms with Crippen LogP contribution in [0.15, 0.2) is 54.7 Å². The first-order valence-corrected chi connectivity index (χ1v) is 6.00. The van der Waals surface area contributed by atoms with E-state index in [1.165, 1.54) is 6.20 Å². The summed E-state index contributed by atoms with van der Waals surface area (Å²) in [7, 11) is 0. The van der Waals surface area contributed by atoms with Gasteiger partial charge in [0.2, 0.25) is 5.78 Å². The molecule has 3 aromatic rings. The monoisotopic (exact) mass is 269 g/mol. The van der Waals surface area contributed by atoms with Gasteiger partial charge in [-0.05, 0) is 29.7 Å². The van der Waals surface area contributed by atoms with Gasteiger partial charge in [-0.25, -0.2) is 8.78 Å². The topological polar surface area (TPSA) is 30.0 Å². The zero-order valence-corrected chi connectivity index (χ0v) is 10.3. The standard InChI is InChI=1S/C16H9F2NO/c17-11-5-6-14(18)13(9-11)16(20)15-12-4-2-1-3-10(12)7-8-19-15/h1-9H. The van der Waals surface area contributed by atoms with Crippen LogP contribution in [0.1, 0.15) is 16.1 Å². The Labute approximate surface area is 113 Å². The maximum absolute atomic E-state index is 13.7. The number of hydrogen-bond acceptors (Lipinski definition) is 2. The predicted octanol–water partition coefficient (Wildman–Crippen LogP) is 3.74. The van der Waals surface area contributed by atoms with Crippen molar-refractivity contribution < 1.29 is 13.6 Å². The van der Waals surface area contributed by atoms with Crippen molar-refractivity contribution in [2.75, 3.05) is 0 Å². The third-order valence-corrected chi connectivity index (χ3v) is 3.06. The Morgan fingerprint density at radius 1 is 1.00 bits per heavy atom. The number of fused-ring (bicyclic) bond motifs is 1. The summed E-state index contributed by atoms with van der Waals surface area (Å²) in [5.74, 6) is -2.04. The summed E-state index contributed by atoms with van der Waals surface area (Å²) in [5, 5.41) is 1.44. The fraction of sp³-hybridized carbons (Fsp3) is 0. The van der Waals surface area contributed by atoms with Crippen LogP contribution >= 0.6 is 0 Å². The molecule has 98 valence electrons. The molecule has 2 aromatic carbocycles. The van der Waals surface area contributed by atoms with Crippen LogP contribution in [-0.4, -0.2) is 10.8 Å². The van der Waals surface area contributed by atoms with Gasteiger partial charge >= 0.3 is 0 Å². The maximum atomic E-state index is 13.7. The molecule has 1 heterocycles. The Hall–Kier alpha value is -2.62. The fourth-order valence-electron chi connectivity index (χ4n) is 2.10. The van der Waals surface area contributed by atoms with Crippen LogP contribution in [0.4, 0.5) is 8.78 Å². The summed E-state index contributed by atoms with van der Waals surface area (Å²) < 4.78 is 26.9. The molecular formula is C16H9F2NO. The molecule has 0 aliphatic carbocycles. The largest absolute Gasteiger partial charge is 0.287 e. The van der Waals surface area contributed by atoms with Gasteiger partial charge in [-0.15, -0.1) is 0 Å². The van der Waals surface area contributed by atoms with E-state index < -0.39 is 17.4 Å². The molecule has 0 unspecified atom stereocenters. The molecule has 0 saturated heterocycles. The van der Waals surface area contributed by atoms with Crippen molar-refractivity contribution in [2.24, 2.45) is 0 Å².